The minimum atomic E-state index is -0.763. The number of fused-ring (bicyclic) bond motifs is 1. The Bertz CT molecular complexity index is 1380. The summed E-state index contributed by atoms with van der Waals surface area (Å²) in [6.45, 7) is 4.50. The molecule has 35 heavy (non-hydrogen) atoms. The van der Waals surface area contributed by atoms with Gasteiger partial charge in [-0.1, -0.05) is 18.6 Å². The van der Waals surface area contributed by atoms with E-state index in [-0.39, 0.29) is 17.7 Å². The van der Waals surface area contributed by atoms with Gasteiger partial charge >= 0.3 is 0 Å². The van der Waals surface area contributed by atoms with Crippen LogP contribution in [-0.2, 0) is 0 Å². The zero-order valence-electron chi connectivity index (χ0n) is 19.8. The first kappa shape index (κ1) is 23.7. The summed E-state index contributed by atoms with van der Waals surface area (Å²) >= 11 is 2.92. The number of carbonyl (C=O) groups is 2. The van der Waals surface area contributed by atoms with Crippen LogP contribution in [-0.4, -0.2) is 51.8 Å². The van der Waals surface area contributed by atoms with E-state index in [0.717, 1.165) is 46.2 Å². The second-order valence-electron chi connectivity index (χ2n) is 8.58. The number of aryl methyl sites for hydroxylation is 2. The highest BCUT2D eigenvalue weighted by Gasteiger charge is 2.36. The number of aromatic nitrogens is 3. The van der Waals surface area contributed by atoms with Gasteiger partial charge in [-0.2, -0.15) is 0 Å². The third-order valence-electron chi connectivity index (χ3n) is 6.29. The van der Waals surface area contributed by atoms with Gasteiger partial charge in [0.25, 0.3) is 5.91 Å². The number of hydrogen-bond donors (Lipinski definition) is 2. The lowest BCUT2D eigenvalue weighted by molar-refractivity contribution is 0.0819. The van der Waals surface area contributed by atoms with Crippen molar-refractivity contribution >= 4 is 39.3 Å². The smallest absolute Gasteiger partial charge is 0.270 e. The van der Waals surface area contributed by atoms with Crippen molar-refractivity contribution in [2.75, 3.05) is 13.7 Å². The van der Waals surface area contributed by atoms with Gasteiger partial charge in [-0.3, -0.25) is 14.0 Å². The Labute approximate surface area is 211 Å². The normalized spacial score (nSPS) is 16.8. The van der Waals surface area contributed by atoms with Crippen molar-refractivity contribution in [3.63, 3.8) is 0 Å². The van der Waals surface area contributed by atoms with Crippen LogP contribution in [0.3, 0.4) is 0 Å². The fourth-order valence-electron chi connectivity index (χ4n) is 4.65. The molecule has 182 valence electrons. The molecule has 1 aromatic carbocycles. The average molecular weight is 510 g/mol. The molecule has 0 radical (unpaired) electrons. The van der Waals surface area contributed by atoms with Gasteiger partial charge in [-0.05, 0) is 45.4 Å². The number of Topliss-reactive ketones (excluding diaryl/α,β-unsaturated/α-hetero) is 1. The number of benzene rings is 1. The molecule has 1 aliphatic rings. The maximum Gasteiger partial charge on any atom is 0.270 e. The minimum Gasteiger partial charge on any atom is -0.496 e. The summed E-state index contributed by atoms with van der Waals surface area (Å²) in [6, 6.07) is 6.66. The van der Waals surface area contributed by atoms with Crippen molar-refractivity contribution < 1.29 is 14.3 Å². The Morgan fingerprint density at radius 1 is 1.23 bits per heavy atom. The number of ketones is 1. The van der Waals surface area contributed by atoms with Crippen molar-refractivity contribution in [3.8, 4) is 16.2 Å². The summed E-state index contributed by atoms with van der Waals surface area (Å²) in [5.74, 6) is 0.160. The van der Waals surface area contributed by atoms with E-state index < -0.39 is 6.04 Å². The van der Waals surface area contributed by atoms with Gasteiger partial charge in [0.2, 0.25) is 5.78 Å². The lowest BCUT2D eigenvalue weighted by atomic mass is 9.92. The molecule has 3 aromatic heterocycles. The third kappa shape index (κ3) is 4.49. The number of amides is 1. The maximum atomic E-state index is 14.1. The first-order valence-electron chi connectivity index (χ1n) is 11.6. The van der Waals surface area contributed by atoms with Crippen molar-refractivity contribution in [2.24, 2.45) is 0 Å². The van der Waals surface area contributed by atoms with Crippen LogP contribution in [0.1, 0.15) is 50.9 Å². The van der Waals surface area contributed by atoms with Crippen LogP contribution >= 0.6 is 22.7 Å². The molecule has 0 spiro atoms. The largest absolute Gasteiger partial charge is 0.496 e. The molecule has 2 atom stereocenters. The SMILES string of the molecule is COc1ccccc1-c1sc(C)nc1C(=O)C(NC(=O)c1c(C)nc2sccn12)[C@@H]1CCCCN1. The third-order valence-corrected chi connectivity index (χ3v) is 8.05. The Kier molecular flexibility index (Phi) is 6.68. The molecule has 1 amide bonds. The van der Waals surface area contributed by atoms with Crippen LogP contribution in [0.5, 0.6) is 5.75 Å². The standard InChI is InChI=1S/C25H27N5O3S2/c1-14-21(30-12-13-34-25(30)27-14)24(32)29-19(17-9-6-7-11-26-17)22(31)20-23(35-15(2)28-20)16-8-4-5-10-18(16)33-3/h4-5,8,10,12-13,17,19,26H,6-7,9,11H2,1-3H3,(H,29,32)/t17-,19?/m0/s1. The van der Waals surface area contributed by atoms with Crippen LogP contribution in [0.15, 0.2) is 35.8 Å². The van der Waals surface area contributed by atoms with Gasteiger partial charge in [0.05, 0.1) is 22.7 Å². The van der Waals surface area contributed by atoms with Crippen LogP contribution in [0.25, 0.3) is 15.4 Å². The van der Waals surface area contributed by atoms with Crippen molar-refractivity contribution in [1.29, 1.82) is 0 Å². The summed E-state index contributed by atoms with van der Waals surface area (Å²) in [4.78, 5) is 38.2. The predicted molar refractivity (Wildman–Crippen MR) is 138 cm³/mol. The van der Waals surface area contributed by atoms with Crippen LogP contribution < -0.4 is 15.4 Å². The molecule has 1 aliphatic heterocycles. The van der Waals surface area contributed by atoms with E-state index in [4.69, 9.17) is 4.74 Å². The number of hydrogen-bond acceptors (Lipinski definition) is 8. The summed E-state index contributed by atoms with van der Waals surface area (Å²) in [6.07, 6.45) is 4.66. The van der Waals surface area contributed by atoms with E-state index in [2.05, 4.69) is 20.6 Å². The van der Waals surface area contributed by atoms with Gasteiger partial charge in [-0.15, -0.1) is 22.7 Å². The molecule has 5 rings (SSSR count). The summed E-state index contributed by atoms with van der Waals surface area (Å²) in [5, 5.41) is 9.17. The molecule has 4 heterocycles. The molecule has 8 nitrogen and oxygen atoms in total. The molecular formula is C25H27N5O3S2. The van der Waals surface area contributed by atoms with E-state index in [0.29, 0.717) is 22.8 Å². The first-order chi connectivity index (χ1) is 17.0. The molecule has 1 unspecified atom stereocenters. The molecule has 4 aromatic rings. The molecule has 0 saturated carbocycles. The molecule has 1 fully saturated rings. The Morgan fingerprint density at radius 2 is 2.06 bits per heavy atom. The van der Waals surface area contributed by atoms with Crippen molar-refractivity contribution in [2.45, 2.75) is 45.2 Å². The Morgan fingerprint density at radius 3 is 2.83 bits per heavy atom. The number of carbonyl (C=O) groups excluding carboxylic acids is 2. The highest BCUT2D eigenvalue weighted by Crippen LogP contribution is 2.37. The van der Waals surface area contributed by atoms with Gasteiger partial charge in [0.15, 0.2) is 4.96 Å². The molecule has 0 bridgehead atoms. The summed E-state index contributed by atoms with van der Waals surface area (Å²) in [7, 11) is 1.61. The highest BCUT2D eigenvalue weighted by atomic mass is 32.1. The molecule has 10 heteroatoms. The topological polar surface area (TPSA) is 97.6 Å². The molecule has 0 aliphatic carbocycles. The van der Waals surface area contributed by atoms with Gasteiger partial charge in [0, 0.05) is 23.2 Å². The fourth-order valence-corrected chi connectivity index (χ4v) is 6.36. The maximum absolute atomic E-state index is 14.1. The molecule has 2 N–H and O–H groups in total. The number of nitrogens with one attached hydrogen (secondary N) is 2. The van der Waals surface area contributed by atoms with Crippen molar-refractivity contribution in [1.82, 2.24) is 25.0 Å². The van der Waals surface area contributed by atoms with E-state index in [1.165, 1.54) is 22.7 Å². The lowest BCUT2D eigenvalue weighted by Crippen LogP contribution is -2.56. The molecular weight excluding hydrogens is 482 g/mol. The number of rotatable bonds is 7. The Balaban J connectivity index is 1.53. The zero-order valence-corrected chi connectivity index (χ0v) is 21.5. The van der Waals surface area contributed by atoms with Crippen LogP contribution in [0.2, 0.25) is 0 Å². The van der Waals surface area contributed by atoms with Crippen molar-refractivity contribution in [3.05, 3.63) is 57.9 Å². The zero-order chi connectivity index (χ0) is 24.5. The van der Waals surface area contributed by atoms with Gasteiger partial charge in [-0.25, -0.2) is 9.97 Å². The monoisotopic (exact) mass is 509 g/mol. The lowest BCUT2D eigenvalue weighted by Gasteiger charge is -2.31. The van der Waals surface area contributed by atoms with E-state index in [1.807, 2.05) is 49.7 Å². The molecule has 1 saturated heterocycles. The number of piperidine rings is 1. The van der Waals surface area contributed by atoms with E-state index >= 15 is 0 Å². The average Bonchev–Trinajstić information content (AvgIpc) is 3.56. The second-order valence-corrected chi connectivity index (χ2v) is 10.7. The fraction of sp³-hybridized carbons (Fsp3) is 0.360. The number of methoxy groups -OCH3 is 1. The van der Waals surface area contributed by atoms with Gasteiger partial charge < -0.3 is 15.4 Å². The predicted octanol–water partition coefficient (Wildman–Crippen LogP) is 4.27. The van der Waals surface area contributed by atoms with Gasteiger partial charge in [0.1, 0.15) is 23.2 Å². The van der Waals surface area contributed by atoms with Crippen LogP contribution in [0, 0.1) is 13.8 Å². The first-order valence-corrected chi connectivity index (χ1v) is 13.3. The summed E-state index contributed by atoms with van der Waals surface area (Å²) < 4.78 is 7.33. The number of para-hydroxylation sites is 1. The second kappa shape index (κ2) is 9.88. The number of ether oxygens (including phenoxy) is 1. The van der Waals surface area contributed by atoms with E-state index in [1.54, 1.807) is 11.5 Å². The van der Waals surface area contributed by atoms with E-state index in [9.17, 15) is 9.59 Å². The minimum absolute atomic E-state index is 0.182. The van der Waals surface area contributed by atoms with Crippen LogP contribution in [0.4, 0.5) is 0 Å². The number of imidazole rings is 1. The highest BCUT2D eigenvalue weighted by molar-refractivity contribution is 7.15. The number of nitrogens with zero attached hydrogens (tertiary/aromatic N) is 3. The summed E-state index contributed by atoms with van der Waals surface area (Å²) in [5.41, 5.74) is 2.27. The Hall–Kier alpha value is -3.08. The number of thiazole rings is 2. The quantitative estimate of drug-likeness (QED) is 0.361.